The zero-order chi connectivity index (χ0) is 9.14. The van der Waals surface area contributed by atoms with E-state index in [1.165, 1.54) is 13.4 Å². The third-order valence-corrected chi connectivity index (χ3v) is 1.62. The number of hydrogen-bond acceptors (Lipinski definition) is 4. The van der Waals surface area contributed by atoms with Gasteiger partial charge in [0.15, 0.2) is 0 Å². The van der Waals surface area contributed by atoms with Crippen LogP contribution in [0.5, 0.6) is 0 Å². The van der Waals surface area contributed by atoms with E-state index < -0.39 is 0 Å². The van der Waals surface area contributed by atoms with Crippen molar-refractivity contribution in [2.45, 2.75) is 13.8 Å². The highest BCUT2D eigenvalue weighted by atomic mass is 16.5. The molecule has 0 aliphatic rings. The number of hydrogen-bond donors (Lipinski definition) is 0. The monoisotopic (exact) mass is 166 g/mol. The highest BCUT2D eigenvalue weighted by molar-refractivity contribution is 5.91. The van der Waals surface area contributed by atoms with Crippen LogP contribution in [0.4, 0.5) is 0 Å². The molecule has 0 bridgehead atoms. The Morgan fingerprint density at radius 2 is 1.83 bits per heavy atom. The molecular formula is C8H10N2O2. The molecule has 0 unspecified atom stereocenters. The van der Waals surface area contributed by atoms with Crippen LogP contribution in [0.1, 0.15) is 21.7 Å². The van der Waals surface area contributed by atoms with Crippen LogP contribution in [0.15, 0.2) is 6.33 Å². The van der Waals surface area contributed by atoms with Gasteiger partial charge in [0.25, 0.3) is 0 Å². The number of aromatic nitrogens is 2. The Bertz CT molecular complexity index is 290. The van der Waals surface area contributed by atoms with Crippen molar-refractivity contribution in [1.82, 2.24) is 9.97 Å². The molecule has 0 aromatic carbocycles. The summed E-state index contributed by atoms with van der Waals surface area (Å²) in [6.07, 6.45) is 1.43. The van der Waals surface area contributed by atoms with Crippen molar-refractivity contribution in [3.05, 3.63) is 23.3 Å². The second kappa shape index (κ2) is 3.30. The summed E-state index contributed by atoms with van der Waals surface area (Å²) in [6.45, 7) is 3.50. The molecule has 0 saturated heterocycles. The zero-order valence-corrected chi connectivity index (χ0v) is 7.29. The minimum absolute atomic E-state index is 0.384. The van der Waals surface area contributed by atoms with Gasteiger partial charge < -0.3 is 4.74 Å². The molecular weight excluding hydrogens is 156 g/mol. The molecule has 1 rings (SSSR count). The third-order valence-electron chi connectivity index (χ3n) is 1.62. The van der Waals surface area contributed by atoms with E-state index in [-0.39, 0.29) is 5.97 Å². The van der Waals surface area contributed by atoms with Gasteiger partial charge in [0, 0.05) is 0 Å². The third kappa shape index (κ3) is 1.42. The van der Waals surface area contributed by atoms with Crippen LogP contribution in [0, 0.1) is 13.8 Å². The van der Waals surface area contributed by atoms with Crippen LogP contribution in [-0.4, -0.2) is 23.0 Å². The summed E-state index contributed by atoms with van der Waals surface area (Å²) in [5.41, 5.74) is 1.75. The van der Waals surface area contributed by atoms with Crippen molar-refractivity contribution in [3.8, 4) is 0 Å². The van der Waals surface area contributed by atoms with Crippen molar-refractivity contribution in [1.29, 1.82) is 0 Å². The standard InChI is InChI=1S/C8H10N2O2/c1-5-7(8(11)12-3)6(2)10-4-9-5/h4H,1-3H3. The highest BCUT2D eigenvalue weighted by Gasteiger charge is 2.13. The summed E-state index contributed by atoms with van der Waals surface area (Å²) in [6, 6.07) is 0. The molecule has 4 nitrogen and oxygen atoms in total. The average molecular weight is 166 g/mol. The van der Waals surface area contributed by atoms with Crippen LogP contribution >= 0.6 is 0 Å². The Kier molecular flexibility index (Phi) is 2.38. The van der Waals surface area contributed by atoms with Gasteiger partial charge in [-0.15, -0.1) is 0 Å². The summed E-state index contributed by atoms with van der Waals surface area (Å²) < 4.78 is 4.58. The van der Waals surface area contributed by atoms with E-state index in [1.807, 2.05) is 0 Å². The van der Waals surface area contributed by atoms with Gasteiger partial charge in [-0.2, -0.15) is 0 Å². The first-order valence-corrected chi connectivity index (χ1v) is 3.53. The molecule has 0 saturated carbocycles. The highest BCUT2D eigenvalue weighted by Crippen LogP contribution is 2.08. The zero-order valence-electron chi connectivity index (χ0n) is 7.29. The smallest absolute Gasteiger partial charge is 0.341 e. The molecule has 0 fully saturated rings. The fourth-order valence-corrected chi connectivity index (χ4v) is 0.990. The summed E-state index contributed by atoms with van der Waals surface area (Å²) in [5.74, 6) is -0.384. The van der Waals surface area contributed by atoms with Crippen LogP contribution in [0.25, 0.3) is 0 Å². The van der Waals surface area contributed by atoms with Gasteiger partial charge in [-0.25, -0.2) is 14.8 Å². The molecule has 0 N–H and O–H groups in total. The summed E-state index contributed by atoms with van der Waals surface area (Å²) >= 11 is 0. The van der Waals surface area contributed by atoms with E-state index in [0.29, 0.717) is 17.0 Å². The quantitative estimate of drug-likeness (QED) is 0.581. The van der Waals surface area contributed by atoms with Crippen LogP contribution in [-0.2, 0) is 4.74 Å². The number of methoxy groups -OCH3 is 1. The number of ether oxygens (including phenoxy) is 1. The Labute approximate surface area is 70.6 Å². The molecule has 64 valence electrons. The predicted molar refractivity (Wildman–Crippen MR) is 42.8 cm³/mol. The van der Waals surface area contributed by atoms with Gasteiger partial charge in [0.1, 0.15) is 11.9 Å². The van der Waals surface area contributed by atoms with Gasteiger partial charge in [0.2, 0.25) is 0 Å². The molecule has 1 aromatic heterocycles. The number of carbonyl (C=O) groups is 1. The summed E-state index contributed by atoms with van der Waals surface area (Å²) in [4.78, 5) is 18.9. The Hall–Kier alpha value is -1.45. The molecule has 12 heavy (non-hydrogen) atoms. The molecule has 4 heteroatoms. The van der Waals surface area contributed by atoms with Gasteiger partial charge in [-0.1, -0.05) is 0 Å². The maximum atomic E-state index is 11.2. The summed E-state index contributed by atoms with van der Waals surface area (Å²) in [5, 5.41) is 0. The normalized spacial score (nSPS) is 9.58. The van der Waals surface area contributed by atoms with Gasteiger partial charge >= 0.3 is 5.97 Å². The number of aryl methyl sites for hydroxylation is 2. The number of nitrogens with zero attached hydrogens (tertiary/aromatic N) is 2. The molecule has 0 radical (unpaired) electrons. The Morgan fingerprint density at radius 1 is 1.33 bits per heavy atom. The molecule has 0 aliphatic carbocycles. The van der Waals surface area contributed by atoms with E-state index in [1.54, 1.807) is 13.8 Å². The van der Waals surface area contributed by atoms with Crippen molar-refractivity contribution >= 4 is 5.97 Å². The predicted octanol–water partition coefficient (Wildman–Crippen LogP) is 0.880. The fraction of sp³-hybridized carbons (Fsp3) is 0.375. The molecule has 0 amide bonds. The minimum atomic E-state index is -0.384. The maximum absolute atomic E-state index is 11.2. The van der Waals surface area contributed by atoms with E-state index in [4.69, 9.17) is 0 Å². The molecule has 1 aromatic rings. The first-order valence-electron chi connectivity index (χ1n) is 3.53. The van der Waals surface area contributed by atoms with Crippen molar-refractivity contribution < 1.29 is 9.53 Å². The summed E-state index contributed by atoms with van der Waals surface area (Å²) in [7, 11) is 1.34. The lowest BCUT2D eigenvalue weighted by Gasteiger charge is -2.03. The molecule has 1 heterocycles. The number of rotatable bonds is 1. The SMILES string of the molecule is COC(=O)c1c(C)ncnc1C. The minimum Gasteiger partial charge on any atom is -0.465 e. The van der Waals surface area contributed by atoms with Gasteiger partial charge in [0.05, 0.1) is 18.5 Å². The van der Waals surface area contributed by atoms with Crippen molar-refractivity contribution in [2.24, 2.45) is 0 Å². The van der Waals surface area contributed by atoms with E-state index in [9.17, 15) is 4.79 Å². The van der Waals surface area contributed by atoms with Gasteiger partial charge in [-0.05, 0) is 13.8 Å². The lowest BCUT2D eigenvalue weighted by atomic mass is 10.2. The Balaban J connectivity index is 3.21. The van der Waals surface area contributed by atoms with E-state index >= 15 is 0 Å². The second-order valence-electron chi connectivity index (χ2n) is 2.41. The lowest BCUT2D eigenvalue weighted by Crippen LogP contribution is -2.08. The Morgan fingerprint density at radius 3 is 2.25 bits per heavy atom. The van der Waals surface area contributed by atoms with Crippen LogP contribution < -0.4 is 0 Å². The van der Waals surface area contributed by atoms with E-state index in [0.717, 1.165) is 0 Å². The molecule has 0 atom stereocenters. The lowest BCUT2D eigenvalue weighted by molar-refractivity contribution is 0.0598. The second-order valence-corrected chi connectivity index (χ2v) is 2.41. The van der Waals surface area contributed by atoms with Gasteiger partial charge in [-0.3, -0.25) is 0 Å². The van der Waals surface area contributed by atoms with E-state index in [2.05, 4.69) is 14.7 Å². The van der Waals surface area contributed by atoms with Crippen LogP contribution in [0.2, 0.25) is 0 Å². The average Bonchev–Trinajstić information content (AvgIpc) is 2.03. The topological polar surface area (TPSA) is 52.1 Å². The number of esters is 1. The largest absolute Gasteiger partial charge is 0.465 e. The fourth-order valence-electron chi connectivity index (χ4n) is 0.990. The first-order chi connectivity index (χ1) is 5.66. The van der Waals surface area contributed by atoms with Crippen LogP contribution in [0.3, 0.4) is 0 Å². The first kappa shape index (κ1) is 8.64. The number of carbonyl (C=O) groups excluding carboxylic acids is 1. The maximum Gasteiger partial charge on any atom is 0.341 e. The van der Waals surface area contributed by atoms with Crippen molar-refractivity contribution in [2.75, 3.05) is 7.11 Å². The molecule has 0 spiro atoms. The van der Waals surface area contributed by atoms with Crippen molar-refractivity contribution in [3.63, 3.8) is 0 Å². The molecule has 0 aliphatic heterocycles.